The first-order valence-electron chi connectivity index (χ1n) is 11.3. The quantitative estimate of drug-likeness (QED) is 0.649. The number of carbonyl (C=O) groups is 1. The highest BCUT2D eigenvalue weighted by Gasteiger charge is 2.73. The lowest BCUT2D eigenvalue weighted by atomic mass is 9.42. The molecule has 4 aliphatic rings. The van der Waals surface area contributed by atoms with Gasteiger partial charge in [-0.15, -0.1) is 0 Å². The number of fused-ring (bicyclic) bond motifs is 5. The van der Waals surface area contributed by atoms with Crippen LogP contribution in [0.4, 0.5) is 0 Å². The number of aliphatic hydroxyl groups is 3. The molecule has 30 heavy (non-hydrogen) atoms. The van der Waals surface area contributed by atoms with Crippen LogP contribution in [0, 0.1) is 28.6 Å². The number of hydrogen-bond donors (Lipinski definition) is 3. The van der Waals surface area contributed by atoms with Gasteiger partial charge >= 0.3 is 5.63 Å². The molecule has 0 saturated heterocycles. The monoisotopic (exact) mass is 416 g/mol. The van der Waals surface area contributed by atoms with Crippen molar-refractivity contribution in [3.63, 3.8) is 0 Å². The summed E-state index contributed by atoms with van der Waals surface area (Å²) < 4.78 is 5.06. The average Bonchev–Trinajstić information content (AvgIpc) is 3.00. The molecule has 1 aromatic heterocycles. The van der Waals surface area contributed by atoms with Gasteiger partial charge in [0, 0.05) is 17.9 Å². The summed E-state index contributed by atoms with van der Waals surface area (Å²) in [5, 5.41) is 33.7. The molecule has 1 heterocycles. The van der Waals surface area contributed by atoms with E-state index in [9.17, 15) is 24.9 Å². The molecule has 164 valence electrons. The van der Waals surface area contributed by atoms with Gasteiger partial charge in [-0.05, 0) is 80.8 Å². The summed E-state index contributed by atoms with van der Waals surface area (Å²) in [6.45, 7) is 3.96. The minimum atomic E-state index is -1.20. The molecule has 4 saturated carbocycles. The molecule has 4 aliphatic carbocycles. The van der Waals surface area contributed by atoms with Crippen molar-refractivity contribution < 1.29 is 24.5 Å². The molecule has 0 aliphatic heterocycles. The lowest BCUT2D eigenvalue weighted by Crippen LogP contribution is -2.70. The zero-order valence-electron chi connectivity index (χ0n) is 17.7. The summed E-state index contributed by atoms with van der Waals surface area (Å²) in [6, 6.07) is 3.03. The Kier molecular flexibility index (Phi) is 4.42. The van der Waals surface area contributed by atoms with Crippen molar-refractivity contribution in [2.45, 2.75) is 82.5 Å². The topological polar surface area (TPSA) is 108 Å². The summed E-state index contributed by atoms with van der Waals surface area (Å²) in [5.41, 5.74) is -2.29. The fourth-order valence-electron chi connectivity index (χ4n) is 8.13. The second-order valence-electron chi connectivity index (χ2n) is 10.8. The number of rotatable bonds is 1. The largest absolute Gasteiger partial charge is 0.431 e. The van der Waals surface area contributed by atoms with Crippen LogP contribution < -0.4 is 5.63 Å². The zero-order valence-corrected chi connectivity index (χ0v) is 17.7. The van der Waals surface area contributed by atoms with Crippen molar-refractivity contribution in [3.8, 4) is 0 Å². The molecule has 0 amide bonds. The third kappa shape index (κ3) is 2.41. The Balaban J connectivity index is 1.58. The lowest BCUT2D eigenvalue weighted by Gasteiger charge is -2.64. The first-order chi connectivity index (χ1) is 14.1. The highest BCUT2D eigenvalue weighted by atomic mass is 16.4. The maximum Gasteiger partial charge on any atom is 0.335 e. The molecule has 0 aromatic carbocycles. The molecule has 0 radical (unpaired) electrons. The normalized spacial score (nSPS) is 50.5. The molecule has 6 nitrogen and oxygen atoms in total. The van der Waals surface area contributed by atoms with E-state index in [1.165, 1.54) is 12.3 Å². The first kappa shape index (κ1) is 20.4. The Morgan fingerprint density at radius 1 is 1.03 bits per heavy atom. The van der Waals surface area contributed by atoms with Crippen LogP contribution in [0.25, 0.3) is 0 Å². The van der Waals surface area contributed by atoms with Crippen LogP contribution in [-0.4, -0.2) is 38.9 Å². The molecule has 2 unspecified atom stereocenters. The molecule has 4 fully saturated rings. The highest BCUT2D eigenvalue weighted by Crippen LogP contribution is 2.69. The number of hydrogen-bond acceptors (Lipinski definition) is 6. The van der Waals surface area contributed by atoms with Crippen LogP contribution >= 0.6 is 0 Å². The zero-order chi connectivity index (χ0) is 21.5. The number of ketones is 1. The fourth-order valence-corrected chi connectivity index (χ4v) is 8.13. The second-order valence-corrected chi connectivity index (χ2v) is 10.8. The molecular formula is C24H32O6. The Bertz CT molecular complexity index is 904. The van der Waals surface area contributed by atoms with Crippen molar-refractivity contribution in [1.82, 2.24) is 0 Å². The number of carbonyl (C=O) groups excluding carboxylic acids is 1. The Morgan fingerprint density at radius 3 is 2.50 bits per heavy atom. The Morgan fingerprint density at radius 2 is 1.80 bits per heavy atom. The third-order valence-corrected chi connectivity index (χ3v) is 9.80. The predicted molar refractivity (Wildman–Crippen MR) is 109 cm³/mol. The van der Waals surface area contributed by atoms with Gasteiger partial charge in [-0.3, -0.25) is 4.79 Å². The molecular weight excluding hydrogens is 384 g/mol. The van der Waals surface area contributed by atoms with Crippen molar-refractivity contribution >= 4 is 5.78 Å². The lowest BCUT2D eigenvalue weighted by molar-refractivity contribution is -0.228. The summed E-state index contributed by atoms with van der Waals surface area (Å²) in [6.07, 6.45) is 4.88. The van der Waals surface area contributed by atoms with Gasteiger partial charge in [-0.2, -0.15) is 0 Å². The van der Waals surface area contributed by atoms with Crippen LogP contribution in [0.3, 0.4) is 0 Å². The van der Waals surface area contributed by atoms with Gasteiger partial charge < -0.3 is 19.7 Å². The van der Waals surface area contributed by atoms with Gasteiger partial charge in [0.25, 0.3) is 0 Å². The fraction of sp³-hybridized carbons (Fsp3) is 0.750. The first-order valence-corrected chi connectivity index (χ1v) is 11.3. The Labute approximate surface area is 176 Å². The molecule has 9 atom stereocenters. The van der Waals surface area contributed by atoms with Crippen molar-refractivity contribution in [1.29, 1.82) is 0 Å². The van der Waals surface area contributed by atoms with Gasteiger partial charge in [0.1, 0.15) is 6.10 Å². The van der Waals surface area contributed by atoms with Crippen molar-refractivity contribution in [2.24, 2.45) is 28.6 Å². The van der Waals surface area contributed by atoms with E-state index < -0.39 is 22.7 Å². The number of Topliss-reactive ketones (excluding diaryl/α,β-unsaturated/α-hetero) is 1. The van der Waals surface area contributed by atoms with E-state index in [-0.39, 0.29) is 41.0 Å². The van der Waals surface area contributed by atoms with Gasteiger partial charge in [-0.1, -0.05) is 6.92 Å². The van der Waals surface area contributed by atoms with Gasteiger partial charge in [-0.25, -0.2) is 4.79 Å². The molecule has 0 bridgehead atoms. The second kappa shape index (κ2) is 6.50. The van der Waals surface area contributed by atoms with Crippen LogP contribution in [0.2, 0.25) is 0 Å². The van der Waals surface area contributed by atoms with E-state index in [2.05, 4.69) is 6.92 Å². The minimum Gasteiger partial charge on any atom is -0.431 e. The maximum absolute atomic E-state index is 13.8. The molecule has 0 spiro atoms. The predicted octanol–water partition coefficient (Wildman–Crippen LogP) is 2.39. The number of aliphatic hydroxyl groups excluding tert-OH is 2. The van der Waals surface area contributed by atoms with E-state index in [1.54, 1.807) is 13.0 Å². The average molecular weight is 417 g/mol. The van der Waals surface area contributed by atoms with Crippen molar-refractivity contribution in [2.75, 3.05) is 0 Å². The van der Waals surface area contributed by atoms with E-state index in [0.29, 0.717) is 25.7 Å². The third-order valence-electron chi connectivity index (χ3n) is 9.80. The summed E-state index contributed by atoms with van der Waals surface area (Å²) in [7, 11) is 0. The van der Waals surface area contributed by atoms with Gasteiger partial charge in [0.2, 0.25) is 0 Å². The summed E-state index contributed by atoms with van der Waals surface area (Å²) in [4.78, 5) is 25.2. The molecule has 3 N–H and O–H groups in total. The SMILES string of the molecule is C[C@]12CC[C@H](O)C[C@H]1CCC1C2[C@H](O)C(=O)[C@]2(C)[C@@H](c3ccc(=O)oc3)CC[C@]12O. The van der Waals surface area contributed by atoms with Crippen LogP contribution in [0.15, 0.2) is 27.6 Å². The smallest absolute Gasteiger partial charge is 0.335 e. The maximum atomic E-state index is 13.8. The summed E-state index contributed by atoms with van der Waals surface area (Å²) in [5.74, 6) is -0.769. The van der Waals surface area contributed by atoms with Gasteiger partial charge in [0.05, 0.1) is 23.4 Å². The van der Waals surface area contributed by atoms with Crippen molar-refractivity contribution in [3.05, 3.63) is 34.4 Å². The molecule has 6 heteroatoms. The molecule has 5 rings (SSSR count). The van der Waals surface area contributed by atoms with E-state index in [1.807, 2.05) is 0 Å². The van der Waals surface area contributed by atoms with E-state index in [0.717, 1.165) is 24.8 Å². The minimum absolute atomic E-state index is 0.160. The Hall–Kier alpha value is -1.50. The van der Waals surface area contributed by atoms with Crippen LogP contribution in [-0.2, 0) is 4.79 Å². The van der Waals surface area contributed by atoms with Crippen LogP contribution in [0.1, 0.15) is 70.3 Å². The van der Waals surface area contributed by atoms with E-state index >= 15 is 0 Å². The highest BCUT2D eigenvalue weighted by molar-refractivity contribution is 5.93. The van der Waals surface area contributed by atoms with Crippen LogP contribution in [0.5, 0.6) is 0 Å². The standard InChI is InChI=1S/C24H32O6/c1-22-9-7-15(25)11-14(22)4-5-17-19(22)20(27)21(28)23(2)16(8-10-24(17,23)29)13-3-6-18(26)30-12-13/h3,6,12,14-17,19-20,25,27,29H,4-5,7-11H2,1-2H3/t14-,15+,16-,17?,19?,20+,22+,23+,24+/m1/s1. The molecule has 1 aromatic rings. The summed E-state index contributed by atoms with van der Waals surface area (Å²) >= 11 is 0. The van der Waals surface area contributed by atoms with Gasteiger partial charge in [0.15, 0.2) is 5.78 Å². The van der Waals surface area contributed by atoms with E-state index in [4.69, 9.17) is 4.42 Å².